The molecule has 0 amide bonds. The summed E-state index contributed by atoms with van der Waals surface area (Å²) in [7, 11) is 1.72. The van der Waals surface area contributed by atoms with Gasteiger partial charge in [-0.25, -0.2) is 14.4 Å². The van der Waals surface area contributed by atoms with Crippen molar-refractivity contribution in [1.82, 2.24) is 9.97 Å². The van der Waals surface area contributed by atoms with E-state index in [4.69, 9.17) is 14.9 Å². The zero-order valence-electron chi connectivity index (χ0n) is 16.6. The molecule has 4 rings (SSSR count). The smallest absolute Gasteiger partial charge is 0.225 e. The van der Waals surface area contributed by atoms with Crippen molar-refractivity contribution in [3.05, 3.63) is 42.0 Å². The van der Waals surface area contributed by atoms with Gasteiger partial charge in [0.15, 0.2) is 11.6 Å². The summed E-state index contributed by atoms with van der Waals surface area (Å²) in [4.78, 5) is 13.3. The molecule has 2 aromatic rings. The maximum Gasteiger partial charge on any atom is 0.225 e. The summed E-state index contributed by atoms with van der Waals surface area (Å²) in [5, 5.41) is 7.18. The SMILES string of the molecule is COC1CN(c2ncc(N3CCC(Oc4cccc(CC=N)c4F)CC3)cn2)C1. The second-order valence-electron chi connectivity index (χ2n) is 7.45. The second kappa shape index (κ2) is 8.73. The summed E-state index contributed by atoms with van der Waals surface area (Å²) in [5.41, 5.74) is 1.49. The average Bonchev–Trinajstić information content (AvgIpc) is 2.72. The minimum Gasteiger partial charge on any atom is -0.487 e. The van der Waals surface area contributed by atoms with E-state index in [0.29, 0.717) is 5.56 Å². The normalized spacial score (nSPS) is 17.9. The molecular weight excluding hydrogens is 373 g/mol. The first-order valence-corrected chi connectivity index (χ1v) is 9.95. The fourth-order valence-corrected chi connectivity index (χ4v) is 3.72. The number of piperidine rings is 1. The standard InChI is InChI=1S/C21H26FN5O2/c1-28-18-13-27(14-18)21-24-11-16(12-25-21)26-9-6-17(7-10-26)29-19-4-2-3-15(5-8-23)20(19)22/h2-4,8,11-12,17-18,23H,5-7,9-10,13-14H2,1H3. The van der Waals surface area contributed by atoms with Gasteiger partial charge in [0, 0.05) is 52.6 Å². The van der Waals surface area contributed by atoms with Crippen LogP contribution in [0.15, 0.2) is 30.6 Å². The van der Waals surface area contributed by atoms with E-state index in [1.807, 2.05) is 12.4 Å². The summed E-state index contributed by atoms with van der Waals surface area (Å²) in [5.74, 6) is 0.657. The van der Waals surface area contributed by atoms with Crippen LogP contribution < -0.4 is 14.5 Å². The number of anilines is 2. The Morgan fingerprint density at radius 3 is 2.52 bits per heavy atom. The third-order valence-electron chi connectivity index (χ3n) is 5.55. The molecule has 7 nitrogen and oxygen atoms in total. The molecule has 8 heteroatoms. The molecule has 2 fully saturated rings. The first-order chi connectivity index (χ1) is 14.2. The number of aromatic nitrogens is 2. The number of ether oxygens (including phenoxy) is 2. The van der Waals surface area contributed by atoms with Crippen molar-refractivity contribution in [2.24, 2.45) is 0 Å². The molecule has 3 heterocycles. The quantitative estimate of drug-likeness (QED) is 0.722. The molecule has 1 aromatic heterocycles. The van der Waals surface area contributed by atoms with Crippen LogP contribution in [0.3, 0.4) is 0 Å². The molecular formula is C21H26FN5O2. The maximum absolute atomic E-state index is 14.5. The summed E-state index contributed by atoms with van der Waals surface area (Å²) >= 11 is 0. The fraction of sp³-hybridized carbons (Fsp3) is 0.476. The molecule has 154 valence electrons. The van der Waals surface area contributed by atoms with Crippen LogP contribution in [0.1, 0.15) is 18.4 Å². The predicted octanol–water partition coefficient (Wildman–Crippen LogP) is 2.69. The average molecular weight is 399 g/mol. The van der Waals surface area contributed by atoms with Gasteiger partial charge in [0.2, 0.25) is 5.95 Å². The van der Waals surface area contributed by atoms with Crippen molar-refractivity contribution in [2.45, 2.75) is 31.5 Å². The van der Waals surface area contributed by atoms with Crippen LogP contribution in [0.5, 0.6) is 5.75 Å². The third-order valence-corrected chi connectivity index (χ3v) is 5.55. The first kappa shape index (κ1) is 19.6. The third kappa shape index (κ3) is 4.32. The van der Waals surface area contributed by atoms with Gasteiger partial charge in [-0.2, -0.15) is 0 Å². The van der Waals surface area contributed by atoms with Crippen LogP contribution >= 0.6 is 0 Å². The number of nitrogens with zero attached hydrogens (tertiary/aromatic N) is 4. The molecule has 0 radical (unpaired) electrons. The summed E-state index contributed by atoms with van der Waals surface area (Å²) in [6.45, 7) is 3.28. The van der Waals surface area contributed by atoms with Gasteiger partial charge in [0.25, 0.3) is 0 Å². The van der Waals surface area contributed by atoms with Gasteiger partial charge in [-0.3, -0.25) is 0 Å². The van der Waals surface area contributed by atoms with Gasteiger partial charge in [0.05, 0.1) is 24.2 Å². The van der Waals surface area contributed by atoms with Crippen molar-refractivity contribution in [1.29, 1.82) is 5.41 Å². The number of benzene rings is 1. The van der Waals surface area contributed by atoms with Gasteiger partial charge < -0.3 is 24.7 Å². The number of hydrogen-bond acceptors (Lipinski definition) is 7. The first-order valence-electron chi connectivity index (χ1n) is 9.95. The Labute approximate surface area is 170 Å². The van der Waals surface area contributed by atoms with Gasteiger partial charge in [-0.05, 0) is 17.8 Å². The monoisotopic (exact) mass is 399 g/mol. The molecule has 0 saturated carbocycles. The maximum atomic E-state index is 14.5. The summed E-state index contributed by atoms with van der Waals surface area (Å²) in [6.07, 6.45) is 7.06. The van der Waals surface area contributed by atoms with E-state index in [9.17, 15) is 4.39 Å². The summed E-state index contributed by atoms with van der Waals surface area (Å²) < 4.78 is 25.7. The zero-order chi connectivity index (χ0) is 20.2. The molecule has 0 bridgehead atoms. The zero-order valence-corrected chi connectivity index (χ0v) is 16.6. The Morgan fingerprint density at radius 2 is 1.86 bits per heavy atom. The highest BCUT2D eigenvalue weighted by Crippen LogP contribution is 2.27. The van der Waals surface area contributed by atoms with E-state index < -0.39 is 0 Å². The predicted molar refractivity (Wildman–Crippen MR) is 110 cm³/mol. The topological polar surface area (TPSA) is 74.6 Å². The lowest BCUT2D eigenvalue weighted by Crippen LogP contribution is -2.52. The highest BCUT2D eigenvalue weighted by Gasteiger charge is 2.29. The molecule has 0 unspecified atom stereocenters. The Hall–Kier alpha value is -2.74. The van der Waals surface area contributed by atoms with Crippen molar-refractivity contribution in [2.75, 3.05) is 43.1 Å². The van der Waals surface area contributed by atoms with Crippen LogP contribution in [0.25, 0.3) is 0 Å². The number of halogens is 1. The molecule has 0 aliphatic carbocycles. The molecule has 0 atom stereocenters. The number of hydrogen-bond donors (Lipinski definition) is 1. The molecule has 1 N–H and O–H groups in total. The van der Waals surface area contributed by atoms with Crippen molar-refractivity contribution in [3.8, 4) is 5.75 Å². The van der Waals surface area contributed by atoms with E-state index in [0.717, 1.165) is 50.7 Å². The molecule has 2 aliphatic heterocycles. The second-order valence-corrected chi connectivity index (χ2v) is 7.45. The minimum atomic E-state index is -0.357. The van der Waals surface area contributed by atoms with Crippen LogP contribution in [0, 0.1) is 11.2 Å². The molecule has 2 aliphatic rings. The van der Waals surface area contributed by atoms with E-state index in [1.54, 1.807) is 25.3 Å². The Balaban J connectivity index is 1.31. The Morgan fingerprint density at radius 1 is 1.14 bits per heavy atom. The van der Waals surface area contributed by atoms with Gasteiger partial charge >= 0.3 is 0 Å². The van der Waals surface area contributed by atoms with Crippen LogP contribution in [0.4, 0.5) is 16.0 Å². The van der Waals surface area contributed by atoms with E-state index in [-0.39, 0.29) is 30.2 Å². The van der Waals surface area contributed by atoms with Crippen LogP contribution in [0.2, 0.25) is 0 Å². The van der Waals surface area contributed by atoms with Crippen LogP contribution in [-0.2, 0) is 11.2 Å². The van der Waals surface area contributed by atoms with Gasteiger partial charge in [-0.1, -0.05) is 12.1 Å². The van der Waals surface area contributed by atoms with Crippen molar-refractivity contribution in [3.63, 3.8) is 0 Å². The minimum absolute atomic E-state index is 0.0248. The fourth-order valence-electron chi connectivity index (χ4n) is 3.72. The molecule has 1 aromatic carbocycles. The van der Waals surface area contributed by atoms with E-state index in [1.165, 1.54) is 6.21 Å². The van der Waals surface area contributed by atoms with Crippen LogP contribution in [-0.4, -0.2) is 61.7 Å². The van der Waals surface area contributed by atoms with Crippen molar-refractivity contribution < 1.29 is 13.9 Å². The Kier molecular flexibility index (Phi) is 5.89. The lowest BCUT2D eigenvalue weighted by atomic mass is 10.1. The number of nitrogens with one attached hydrogen (secondary N) is 1. The van der Waals surface area contributed by atoms with Crippen molar-refractivity contribution >= 4 is 17.9 Å². The lowest BCUT2D eigenvalue weighted by molar-refractivity contribution is 0.0778. The highest BCUT2D eigenvalue weighted by molar-refractivity contribution is 5.58. The highest BCUT2D eigenvalue weighted by atomic mass is 19.1. The molecule has 0 spiro atoms. The molecule has 2 saturated heterocycles. The number of methoxy groups -OCH3 is 1. The lowest BCUT2D eigenvalue weighted by Gasteiger charge is -2.38. The van der Waals surface area contributed by atoms with Gasteiger partial charge in [-0.15, -0.1) is 0 Å². The Bertz CT molecular complexity index is 833. The number of rotatable bonds is 7. The van der Waals surface area contributed by atoms with Gasteiger partial charge in [0.1, 0.15) is 6.10 Å². The van der Waals surface area contributed by atoms with E-state index in [2.05, 4.69) is 19.8 Å². The summed E-state index contributed by atoms with van der Waals surface area (Å²) in [6, 6.07) is 5.12. The largest absolute Gasteiger partial charge is 0.487 e. The molecule has 29 heavy (non-hydrogen) atoms. The van der Waals surface area contributed by atoms with E-state index >= 15 is 0 Å².